The van der Waals surface area contributed by atoms with Crippen molar-refractivity contribution in [3.63, 3.8) is 0 Å². The van der Waals surface area contributed by atoms with Crippen molar-refractivity contribution in [3.8, 4) is 0 Å². The molecule has 0 saturated carbocycles. The maximum Gasteiger partial charge on any atom is 0.244 e. The lowest BCUT2D eigenvalue weighted by Gasteiger charge is -2.38. The Balaban J connectivity index is 0.000001000. The number of carbonyl (C=O) groups is 1. The van der Waals surface area contributed by atoms with Gasteiger partial charge in [-0.15, -0.1) is 24.8 Å². The Bertz CT molecular complexity index is 408. The van der Waals surface area contributed by atoms with Gasteiger partial charge in [0.15, 0.2) is 0 Å². The van der Waals surface area contributed by atoms with Crippen molar-refractivity contribution in [2.45, 2.75) is 25.8 Å². The summed E-state index contributed by atoms with van der Waals surface area (Å²) in [6.07, 6.45) is 7.11. The van der Waals surface area contributed by atoms with E-state index in [4.69, 9.17) is 0 Å². The van der Waals surface area contributed by atoms with Gasteiger partial charge in [-0.1, -0.05) is 0 Å². The van der Waals surface area contributed by atoms with Crippen LogP contribution in [0.5, 0.6) is 0 Å². The van der Waals surface area contributed by atoms with Gasteiger partial charge in [0.25, 0.3) is 0 Å². The quantitative estimate of drug-likeness (QED) is 0.894. The second kappa shape index (κ2) is 7.29. The second-order valence-electron chi connectivity index (χ2n) is 5.51. The Labute approximate surface area is 131 Å². The summed E-state index contributed by atoms with van der Waals surface area (Å²) in [5, 5.41) is 7.53. The van der Waals surface area contributed by atoms with Gasteiger partial charge in [-0.3, -0.25) is 9.48 Å². The molecule has 1 aromatic heterocycles. The Hall–Kier alpha value is -0.780. The number of carbonyl (C=O) groups excluding carboxylic acids is 1. The first-order chi connectivity index (χ1) is 8.77. The maximum absolute atomic E-state index is 12.1. The lowest BCUT2D eigenvalue weighted by molar-refractivity contribution is -0.134. The predicted octanol–water partition coefficient (Wildman–Crippen LogP) is 1.33. The highest BCUT2D eigenvalue weighted by molar-refractivity contribution is 5.85. The third-order valence-electron chi connectivity index (χ3n) is 4.37. The first kappa shape index (κ1) is 17.3. The Kier molecular flexibility index (Phi) is 6.30. The van der Waals surface area contributed by atoms with E-state index in [1.54, 1.807) is 10.9 Å². The number of aromatic nitrogens is 2. The molecule has 2 fully saturated rings. The molecule has 3 rings (SSSR count). The molecule has 7 heteroatoms. The fourth-order valence-corrected chi connectivity index (χ4v) is 3.09. The van der Waals surface area contributed by atoms with Crippen LogP contribution < -0.4 is 5.32 Å². The zero-order valence-electron chi connectivity index (χ0n) is 11.5. The Morgan fingerprint density at radius 1 is 1.25 bits per heavy atom. The number of hydrogen-bond acceptors (Lipinski definition) is 3. The maximum atomic E-state index is 12.1. The van der Waals surface area contributed by atoms with Crippen molar-refractivity contribution in [2.24, 2.45) is 5.41 Å². The van der Waals surface area contributed by atoms with Crippen LogP contribution in [0.25, 0.3) is 0 Å². The highest BCUT2D eigenvalue weighted by Gasteiger charge is 2.37. The largest absolute Gasteiger partial charge is 0.341 e. The van der Waals surface area contributed by atoms with Gasteiger partial charge in [-0.05, 0) is 37.3 Å². The van der Waals surface area contributed by atoms with Crippen LogP contribution >= 0.6 is 24.8 Å². The molecule has 5 nitrogen and oxygen atoms in total. The summed E-state index contributed by atoms with van der Waals surface area (Å²) >= 11 is 0. The predicted molar refractivity (Wildman–Crippen MR) is 82.5 cm³/mol. The SMILES string of the molecule is Cl.Cl.O=C(Cn1cccn1)N1CCC2(CCNC2)CC1. The molecule has 0 aromatic carbocycles. The fraction of sp³-hybridized carbons (Fsp3) is 0.692. The standard InChI is InChI=1S/C13H20N4O.2ClH/c18-12(10-17-7-1-5-15-17)16-8-3-13(4-9-16)2-6-14-11-13;;/h1,5,7,14H,2-4,6,8-11H2;2*1H. The number of amides is 1. The average molecular weight is 321 g/mol. The number of nitrogens with zero attached hydrogens (tertiary/aromatic N) is 3. The van der Waals surface area contributed by atoms with E-state index in [0.29, 0.717) is 12.0 Å². The third-order valence-corrected chi connectivity index (χ3v) is 4.37. The monoisotopic (exact) mass is 320 g/mol. The molecule has 2 saturated heterocycles. The molecule has 20 heavy (non-hydrogen) atoms. The van der Waals surface area contributed by atoms with Gasteiger partial charge >= 0.3 is 0 Å². The number of nitrogens with one attached hydrogen (secondary N) is 1. The second-order valence-corrected chi connectivity index (χ2v) is 5.51. The van der Waals surface area contributed by atoms with Crippen LogP contribution in [0.15, 0.2) is 18.5 Å². The van der Waals surface area contributed by atoms with Gasteiger partial charge in [0.2, 0.25) is 5.91 Å². The lowest BCUT2D eigenvalue weighted by Crippen LogP contribution is -2.45. The van der Waals surface area contributed by atoms with E-state index in [1.807, 2.05) is 17.2 Å². The van der Waals surface area contributed by atoms with Crippen LogP contribution in [0.1, 0.15) is 19.3 Å². The summed E-state index contributed by atoms with van der Waals surface area (Å²) in [6.45, 7) is 4.46. The minimum Gasteiger partial charge on any atom is -0.341 e. The number of hydrogen-bond donors (Lipinski definition) is 1. The minimum atomic E-state index is 0. The smallest absolute Gasteiger partial charge is 0.244 e. The van der Waals surface area contributed by atoms with E-state index in [2.05, 4.69) is 10.4 Å². The van der Waals surface area contributed by atoms with Crippen LogP contribution in [-0.4, -0.2) is 46.8 Å². The van der Waals surface area contributed by atoms with Crippen molar-refractivity contribution >= 4 is 30.7 Å². The summed E-state index contributed by atoms with van der Waals surface area (Å²) in [4.78, 5) is 14.1. The molecule has 2 aliphatic rings. The van der Waals surface area contributed by atoms with Crippen LogP contribution in [0.3, 0.4) is 0 Å². The van der Waals surface area contributed by atoms with Crippen LogP contribution in [0.2, 0.25) is 0 Å². The molecule has 3 heterocycles. The van der Waals surface area contributed by atoms with E-state index in [9.17, 15) is 4.79 Å². The summed E-state index contributed by atoms with van der Waals surface area (Å²) in [7, 11) is 0. The van der Waals surface area contributed by atoms with Gasteiger partial charge < -0.3 is 10.2 Å². The topological polar surface area (TPSA) is 50.2 Å². The van der Waals surface area contributed by atoms with Gasteiger partial charge in [0.1, 0.15) is 6.54 Å². The van der Waals surface area contributed by atoms with E-state index < -0.39 is 0 Å². The van der Waals surface area contributed by atoms with E-state index in [1.165, 1.54) is 6.42 Å². The van der Waals surface area contributed by atoms with Gasteiger partial charge in [0, 0.05) is 32.0 Å². The highest BCUT2D eigenvalue weighted by Crippen LogP contribution is 2.36. The van der Waals surface area contributed by atoms with Gasteiger partial charge in [-0.25, -0.2) is 0 Å². The fourth-order valence-electron chi connectivity index (χ4n) is 3.09. The summed E-state index contributed by atoms with van der Waals surface area (Å²) in [5.74, 6) is 0.194. The lowest BCUT2D eigenvalue weighted by atomic mass is 9.78. The number of halogens is 2. The zero-order chi connectivity index (χ0) is 12.4. The highest BCUT2D eigenvalue weighted by atomic mass is 35.5. The van der Waals surface area contributed by atoms with Gasteiger partial charge in [0.05, 0.1) is 0 Å². The van der Waals surface area contributed by atoms with Crippen molar-refractivity contribution in [2.75, 3.05) is 26.2 Å². The summed E-state index contributed by atoms with van der Waals surface area (Å²) in [6, 6.07) is 1.85. The average Bonchev–Trinajstić information content (AvgIpc) is 3.03. The molecule has 1 aromatic rings. The van der Waals surface area contributed by atoms with Crippen molar-refractivity contribution in [1.82, 2.24) is 20.0 Å². The van der Waals surface area contributed by atoms with Crippen molar-refractivity contribution in [1.29, 1.82) is 0 Å². The third kappa shape index (κ3) is 3.65. The molecule has 1 amide bonds. The number of rotatable bonds is 2. The zero-order valence-corrected chi connectivity index (χ0v) is 13.1. The molecule has 2 aliphatic heterocycles. The first-order valence-corrected chi connectivity index (χ1v) is 6.73. The molecular formula is C13H22Cl2N4O. The molecular weight excluding hydrogens is 299 g/mol. The molecule has 0 bridgehead atoms. The molecule has 0 atom stereocenters. The van der Waals surface area contributed by atoms with Crippen LogP contribution in [-0.2, 0) is 11.3 Å². The van der Waals surface area contributed by atoms with Crippen molar-refractivity contribution in [3.05, 3.63) is 18.5 Å². The number of likely N-dealkylation sites (tertiary alicyclic amines) is 1. The first-order valence-electron chi connectivity index (χ1n) is 6.73. The normalized spacial score (nSPS) is 20.3. The van der Waals surface area contributed by atoms with E-state index in [0.717, 1.165) is 39.0 Å². The molecule has 0 aliphatic carbocycles. The molecule has 114 valence electrons. The molecule has 1 N–H and O–H groups in total. The molecule has 0 unspecified atom stereocenters. The van der Waals surface area contributed by atoms with Crippen molar-refractivity contribution < 1.29 is 4.79 Å². The Morgan fingerprint density at radius 3 is 2.55 bits per heavy atom. The molecule has 0 radical (unpaired) electrons. The number of piperidine rings is 1. The summed E-state index contributed by atoms with van der Waals surface area (Å²) < 4.78 is 1.70. The van der Waals surface area contributed by atoms with Crippen LogP contribution in [0, 0.1) is 5.41 Å². The van der Waals surface area contributed by atoms with Crippen LogP contribution in [0.4, 0.5) is 0 Å². The van der Waals surface area contributed by atoms with E-state index >= 15 is 0 Å². The summed E-state index contributed by atoms with van der Waals surface area (Å²) in [5.41, 5.74) is 0.475. The Morgan fingerprint density at radius 2 is 2.00 bits per heavy atom. The minimum absolute atomic E-state index is 0. The molecule has 1 spiro atoms. The van der Waals surface area contributed by atoms with E-state index in [-0.39, 0.29) is 30.7 Å². The van der Waals surface area contributed by atoms with Gasteiger partial charge in [-0.2, -0.15) is 5.10 Å².